The van der Waals surface area contributed by atoms with Gasteiger partial charge in [-0.25, -0.2) is 0 Å². The molecule has 11 nitrogen and oxygen atoms in total. The van der Waals surface area contributed by atoms with Crippen LogP contribution in [0.5, 0.6) is 0 Å². The molecular formula is C61H118Na2O11. The molecule has 0 aromatic carbocycles. The van der Waals surface area contributed by atoms with Crippen molar-refractivity contribution in [2.45, 2.75) is 309 Å². The van der Waals surface area contributed by atoms with Crippen molar-refractivity contribution in [3.63, 3.8) is 0 Å². The average molecular weight is 1070 g/mol. The Kier molecular flexibility index (Phi) is 72.4. The van der Waals surface area contributed by atoms with Gasteiger partial charge in [-0.3, -0.25) is 0 Å². The molecule has 0 aromatic rings. The molecule has 0 radical (unpaired) electrons. The van der Waals surface area contributed by atoms with E-state index in [2.05, 4.69) is 20.8 Å². The second-order valence-electron chi connectivity index (χ2n) is 21.1. The molecule has 3 atom stereocenters. The first kappa shape index (κ1) is 78.9. The van der Waals surface area contributed by atoms with Crippen LogP contribution in [-0.4, -0.2) is 103 Å². The Hall–Kier alpha value is 0.660. The molecular weight excluding hydrogens is 955 g/mol. The summed E-state index contributed by atoms with van der Waals surface area (Å²) in [5.41, 5.74) is 0. The Bertz CT molecular complexity index is 1080. The quantitative estimate of drug-likeness (QED) is 0.0430. The molecule has 0 aromatic heterocycles. The number of unbranched alkanes of at least 4 members (excludes halogenated alkanes) is 39. The summed E-state index contributed by atoms with van der Waals surface area (Å²) in [5.74, 6) is -2.59. The summed E-state index contributed by atoms with van der Waals surface area (Å²) in [7, 11) is 0. The first-order valence-corrected chi connectivity index (χ1v) is 31.0. The van der Waals surface area contributed by atoms with Gasteiger partial charge in [0.25, 0.3) is 0 Å². The molecule has 0 fully saturated rings. The van der Waals surface area contributed by atoms with Gasteiger partial charge in [0.2, 0.25) is 0 Å². The minimum atomic E-state index is -1.29. The van der Waals surface area contributed by atoms with Crippen LogP contribution >= 0.6 is 0 Å². The number of carboxylic acid groups (broad SMARTS) is 2. The zero-order chi connectivity index (χ0) is 52.3. The molecule has 0 heterocycles. The molecule has 74 heavy (non-hydrogen) atoms. The van der Waals surface area contributed by atoms with Gasteiger partial charge in [0, 0.05) is 19.8 Å². The predicted octanol–water partition coefficient (Wildman–Crippen LogP) is 8.16. The van der Waals surface area contributed by atoms with Gasteiger partial charge in [0.05, 0.1) is 64.8 Å². The number of carbonyl (C=O) groups excluding carboxylic acids is 2. The van der Waals surface area contributed by atoms with Gasteiger partial charge >= 0.3 is 59.1 Å². The van der Waals surface area contributed by atoms with Crippen molar-refractivity contribution in [1.82, 2.24) is 0 Å². The maximum absolute atomic E-state index is 11.4. The Morgan fingerprint density at radius 2 is 0.459 bits per heavy atom. The number of hydrogen-bond donors (Lipinski definition) is 0. The van der Waals surface area contributed by atoms with Crippen LogP contribution in [0.1, 0.15) is 290 Å². The summed E-state index contributed by atoms with van der Waals surface area (Å²) in [6.45, 7) is 8.53. The van der Waals surface area contributed by atoms with Crippen molar-refractivity contribution in [3.8, 4) is 0 Å². The standard InChI is InChI=1S/C61H120O11.2Na/c1-4-7-10-13-16-19-22-25-28-31-34-37-40-43-46-66-49-57(70-54-59(72-56-61(64)65)51-68-48-45-42-39-36-33-30-27-24-21-18-15-12-9-6-3)52-69-53-58(71-55-60(62)63)50-67-47-44-41-38-35-32-29-26-23-20-17-14-11-8-5-2;;/h57-59H,4-56H2,1-3H3,(H,62,63)(H,64,65);;/q;2*+1/p-2. The largest absolute Gasteiger partial charge is 1.00 e. The van der Waals surface area contributed by atoms with E-state index in [-0.39, 0.29) is 98.8 Å². The molecule has 0 saturated carbocycles. The van der Waals surface area contributed by atoms with Crippen molar-refractivity contribution in [2.24, 2.45) is 0 Å². The number of carboxylic acids is 2. The van der Waals surface area contributed by atoms with E-state index in [9.17, 15) is 19.8 Å². The Morgan fingerprint density at radius 1 is 0.270 bits per heavy atom. The van der Waals surface area contributed by atoms with Crippen LogP contribution in [0, 0.1) is 0 Å². The van der Waals surface area contributed by atoms with Crippen LogP contribution in [0.4, 0.5) is 0 Å². The fraction of sp³-hybridized carbons (Fsp3) is 0.967. The molecule has 0 rings (SSSR count). The van der Waals surface area contributed by atoms with Gasteiger partial charge in [0.1, 0.15) is 18.3 Å². The Morgan fingerprint density at radius 3 is 0.689 bits per heavy atom. The fourth-order valence-electron chi connectivity index (χ4n) is 9.22. The van der Waals surface area contributed by atoms with Gasteiger partial charge in [-0.05, 0) is 19.3 Å². The van der Waals surface area contributed by atoms with E-state index >= 15 is 0 Å². The summed E-state index contributed by atoms with van der Waals surface area (Å²) in [6.07, 6.45) is 52.5. The number of rotatable bonds is 64. The molecule has 0 N–H and O–H groups in total. The maximum atomic E-state index is 11.4. The van der Waals surface area contributed by atoms with Crippen molar-refractivity contribution in [3.05, 3.63) is 0 Å². The van der Waals surface area contributed by atoms with Crippen LogP contribution in [0.3, 0.4) is 0 Å². The summed E-state index contributed by atoms with van der Waals surface area (Å²) >= 11 is 0. The molecule has 13 heteroatoms. The third-order valence-corrected chi connectivity index (χ3v) is 13.8. The molecule has 3 unspecified atom stereocenters. The first-order valence-electron chi connectivity index (χ1n) is 31.0. The Labute approximate surface area is 501 Å². The van der Waals surface area contributed by atoms with Crippen molar-refractivity contribution in [1.29, 1.82) is 0 Å². The normalized spacial score (nSPS) is 12.6. The van der Waals surface area contributed by atoms with Crippen LogP contribution in [0.25, 0.3) is 0 Å². The third-order valence-electron chi connectivity index (χ3n) is 13.8. The molecule has 0 spiro atoms. The fourth-order valence-corrected chi connectivity index (χ4v) is 9.22. The number of carbonyl (C=O) groups is 2. The minimum absolute atomic E-state index is 0. The monoisotopic (exact) mass is 1070 g/mol. The van der Waals surface area contributed by atoms with E-state index in [1.807, 2.05) is 0 Å². The summed E-state index contributed by atoms with van der Waals surface area (Å²) in [4.78, 5) is 22.6. The van der Waals surface area contributed by atoms with E-state index in [0.29, 0.717) is 19.8 Å². The smallest absolute Gasteiger partial charge is 0.548 e. The maximum Gasteiger partial charge on any atom is 1.00 e. The zero-order valence-corrected chi connectivity index (χ0v) is 53.7. The molecule has 0 aliphatic heterocycles. The molecule has 0 saturated heterocycles. The van der Waals surface area contributed by atoms with E-state index in [1.54, 1.807) is 0 Å². The second kappa shape index (κ2) is 67.9. The molecule has 0 amide bonds. The van der Waals surface area contributed by atoms with Crippen LogP contribution < -0.4 is 69.3 Å². The van der Waals surface area contributed by atoms with Gasteiger partial charge < -0.3 is 53.0 Å². The SMILES string of the molecule is CCCCCCCCCCCCCCCCOCC(COCC(COCCCCCCCCCCCCCCCC)OCC(COCCCCCCCCCCCCCCCC)OCC(=O)[O-])OCC(=O)[O-].[Na+].[Na+]. The van der Waals surface area contributed by atoms with Crippen molar-refractivity contribution < 1.29 is 112 Å². The van der Waals surface area contributed by atoms with E-state index < -0.39 is 43.5 Å². The second-order valence-corrected chi connectivity index (χ2v) is 21.1. The number of ether oxygens (including phenoxy) is 7. The minimum Gasteiger partial charge on any atom is -0.548 e. The van der Waals surface area contributed by atoms with Gasteiger partial charge in [-0.15, -0.1) is 0 Å². The molecule has 430 valence electrons. The van der Waals surface area contributed by atoms with Crippen LogP contribution in [0.15, 0.2) is 0 Å². The van der Waals surface area contributed by atoms with E-state index in [1.165, 1.54) is 231 Å². The third kappa shape index (κ3) is 65.2. The van der Waals surface area contributed by atoms with Gasteiger partial charge in [-0.1, -0.05) is 271 Å². The first-order chi connectivity index (χ1) is 35.4. The molecule has 0 aliphatic carbocycles. The van der Waals surface area contributed by atoms with Gasteiger partial charge in [0.15, 0.2) is 0 Å². The Balaban J connectivity index is -0.0000252. The molecule has 0 aliphatic rings. The molecule has 0 bridgehead atoms. The van der Waals surface area contributed by atoms with E-state index in [0.717, 1.165) is 38.5 Å². The van der Waals surface area contributed by atoms with Gasteiger partial charge in [-0.2, -0.15) is 0 Å². The van der Waals surface area contributed by atoms with Crippen molar-refractivity contribution >= 4 is 11.9 Å². The van der Waals surface area contributed by atoms with Crippen molar-refractivity contribution in [2.75, 3.05) is 72.7 Å². The predicted molar refractivity (Wildman–Crippen MR) is 293 cm³/mol. The van der Waals surface area contributed by atoms with E-state index in [4.69, 9.17) is 33.2 Å². The number of hydrogen-bond acceptors (Lipinski definition) is 11. The average Bonchev–Trinajstić information content (AvgIpc) is 3.37. The van der Waals surface area contributed by atoms with Crippen LogP contribution in [-0.2, 0) is 42.7 Å². The van der Waals surface area contributed by atoms with Crippen LogP contribution in [0.2, 0.25) is 0 Å². The summed E-state index contributed by atoms with van der Waals surface area (Å²) in [6, 6.07) is 0. The summed E-state index contributed by atoms with van der Waals surface area (Å²) < 4.78 is 41.6. The number of aliphatic carboxylic acids is 2. The zero-order valence-electron chi connectivity index (χ0n) is 49.7. The summed E-state index contributed by atoms with van der Waals surface area (Å²) in [5, 5.41) is 22.6. The topological polar surface area (TPSA) is 145 Å².